The van der Waals surface area contributed by atoms with Crippen molar-refractivity contribution in [1.29, 1.82) is 0 Å². The lowest BCUT2D eigenvalue weighted by Crippen LogP contribution is -2.17. The minimum Gasteiger partial charge on any atom is -0.481 e. The molecule has 1 heterocycles. The molecule has 8 heteroatoms. The Bertz CT molecular complexity index is 1300. The number of alkyl halides is 3. The normalized spacial score (nSPS) is 11.8. The van der Waals surface area contributed by atoms with Gasteiger partial charge in [0.05, 0.1) is 12.0 Å². The number of carboxylic acids is 1. The van der Waals surface area contributed by atoms with Crippen molar-refractivity contribution in [2.24, 2.45) is 0 Å². The third kappa shape index (κ3) is 5.29. The summed E-state index contributed by atoms with van der Waals surface area (Å²) < 4.78 is 43.5. The summed E-state index contributed by atoms with van der Waals surface area (Å²) >= 11 is 5.02. The van der Waals surface area contributed by atoms with Gasteiger partial charge in [0.2, 0.25) is 0 Å². The first-order valence-electron chi connectivity index (χ1n) is 10.1. The van der Waals surface area contributed by atoms with E-state index in [0.29, 0.717) is 24.2 Å². The molecule has 170 valence electrons. The molecule has 0 aliphatic heterocycles. The molecule has 0 spiro atoms. The van der Waals surface area contributed by atoms with E-state index in [1.54, 1.807) is 36.4 Å². The molecule has 2 N–H and O–H groups in total. The smallest absolute Gasteiger partial charge is 0.417 e. The standard InChI is InChI=1S/C25H19BrF3NO2S/c26-23-19-12-15(14-30-11-10-22(31)32)6-9-21(19)33-24(23)17-7-8-18(16-4-2-1-3-5-16)20(13-17)25(27,28)29/h1-9,12-13,30H,10-11,14H2,(H,31,32). The summed E-state index contributed by atoms with van der Waals surface area (Å²) in [5, 5.41) is 12.7. The fourth-order valence-electron chi connectivity index (χ4n) is 3.63. The van der Waals surface area contributed by atoms with E-state index in [9.17, 15) is 18.0 Å². The van der Waals surface area contributed by atoms with E-state index < -0.39 is 17.7 Å². The van der Waals surface area contributed by atoms with Crippen LogP contribution in [-0.4, -0.2) is 17.6 Å². The zero-order chi connectivity index (χ0) is 23.6. The first kappa shape index (κ1) is 23.5. The molecule has 0 bridgehead atoms. The average Bonchev–Trinajstić information content (AvgIpc) is 3.12. The highest BCUT2D eigenvalue weighted by Gasteiger charge is 2.34. The molecule has 0 unspecified atom stereocenters. The number of nitrogens with one attached hydrogen (secondary N) is 1. The maximum absolute atomic E-state index is 13.9. The van der Waals surface area contributed by atoms with E-state index >= 15 is 0 Å². The van der Waals surface area contributed by atoms with Gasteiger partial charge in [0.25, 0.3) is 0 Å². The van der Waals surface area contributed by atoms with E-state index in [1.165, 1.54) is 23.5 Å². The molecule has 33 heavy (non-hydrogen) atoms. The molecule has 0 radical (unpaired) electrons. The second-order valence-corrected chi connectivity index (χ2v) is 9.37. The molecule has 0 saturated carbocycles. The SMILES string of the molecule is O=C(O)CCNCc1ccc2sc(-c3ccc(-c4ccccc4)c(C(F)(F)F)c3)c(Br)c2c1. The molecule has 1 aromatic heterocycles. The summed E-state index contributed by atoms with van der Waals surface area (Å²) in [7, 11) is 0. The fourth-order valence-corrected chi connectivity index (χ4v) is 5.63. The molecule has 0 aliphatic rings. The van der Waals surface area contributed by atoms with Crippen molar-refractivity contribution < 1.29 is 23.1 Å². The molecule has 0 fully saturated rings. The summed E-state index contributed by atoms with van der Waals surface area (Å²) in [6, 6.07) is 18.9. The molecule has 0 atom stereocenters. The maximum Gasteiger partial charge on any atom is 0.417 e. The number of carboxylic acid groups (broad SMARTS) is 1. The van der Waals surface area contributed by atoms with Gasteiger partial charge in [-0.1, -0.05) is 48.5 Å². The molecule has 3 nitrogen and oxygen atoms in total. The summed E-state index contributed by atoms with van der Waals surface area (Å²) in [5.74, 6) is -0.861. The van der Waals surface area contributed by atoms with Crippen molar-refractivity contribution >= 4 is 43.3 Å². The van der Waals surface area contributed by atoms with Crippen LogP contribution in [0.5, 0.6) is 0 Å². The van der Waals surface area contributed by atoms with Crippen LogP contribution in [0.2, 0.25) is 0 Å². The number of thiophene rings is 1. The minimum atomic E-state index is -4.49. The van der Waals surface area contributed by atoms with Crippen molar-refractivity contribution in [3.8, 4) is 21.6 Å². The predicted octanol–water partition coefficient (Wildman–Crippen LogP) is 7.58. The number of aliphatic carboxylic acids is 1. The molecule has 4 rings (SSSR count). The Hall–Kier alpha value is -2.68. The number of carbonyl (C=O) groups is 1. The third-order valence-corrected chi connectivity index (χ3v) is 7.51. The lowest BCUT2D eigenvalue weighted by molar-refractivity contribution is -0.137. The number of fused-ring (bicyclic) bond motifs is 1. The Kier molecular flexibility index (Phi) is 6.88. The molecular weight excluding hydrogens is 515 g/mol. The van der Waals surface area contributed by atoms with Crippen LogP contribution in [0.1, 0.15) is 17.5 Å². The summed E-state index contributed by atoms with van der Waals surface area (Å²) in [5.41, 5.74) is 1.47. The van der Waals surface area contributed by atoms with Crippen molar-refractivity contribution in [3.05, 3.63) is 82.3 Å². The van der Waals surface area contributed by atoms with E-state index in [1.807, 2.05) is 18.2 Å². The highest BCUT2D eigenvalue weighted by molar-refractivity contribution is 9.10. The molecule has 0 aliphatic carbocycles. The number of hydrogen-bond acceptors (Lipinski definition) is 3. The monoisotopic (exact) mass is 533 g/mol. The van der Waals surface area contributed by atoms with Gasteiger partial charge in [0.1, 0.15) is 0 Å². The Morgan fingerprint density at radius 1 is 1.00 bits per heavy atom. The highest BCUT2D eigenvalue weighted by Crippen LogP contribution is 2.45. The zero-order valence-electron chi connectivity index (χ0n) is 17.2. The van der Waals surface area contributed by atoms with E-state index in [2.05, 4.69) is 21.2 Å². The lowest BCUT2D eigenvalue weighted by atomic mass is 9.96. The molecule has 4 aromatic rings. The van der Waals surface area contributed by atoms with Gasteiger partial charge in [-0.25, -0.2) is 0 Å². The first-order valence-corrected chi connectivity index (χ1v) is 11.8. The van der Waals surface area contributed by atoms with Gasteiger partial charge >= 0.3 is 12.1 Å². The third-order valence-electron chi connectivity index (χ3n) is 5.21. The van der Waals surface area contributed by atoms with Crippen LogP contribution in [0.3, 0.4) is 0 Å². The number of hydrogen-bond donors (Lipinski definition) is 2. The summed E-state index contributed by atoms with van der Waals surface area (Å²) in [6.07, 6.45) is -4.45. The Morgan fingerprint density at radius 2 is 1.76 bits per heavy atom. The van der Waals surface area contributed by atoms with Crippen LogP contribution in [0, 0.1) is 0 Å². The molecular formula is C25H19BrF3NO2S. The Morgan fingerprint density at radius 3 is 2.45 bits per heavy atom. The van der Waals surface area contributed by atoms with Gasteiger partial charge in [-0.3, -0.25) is 4.79 Å². The van der Waals surface area contributed by atoms with Gasteiger partial charge in [0, 0.05) is 32.5 Å². The second-order valence-electron chi connectivity index (χ2n) is 7.52. The lowest BCUT2D eigenvalue weighted by Gasteiger charge is -2.15. The van der Waals surface area contributed by atoms with Gasteiger partial charge in [-0.2, -0.15) is 13.2 Å². The van der Waals surface area contributed by atoms with Crippen LogP contribution in [-0.2, 0) is 17.5 Å². The minimum absolute atomic E-state index is 0.0368. The summed E-state index contributed by atoms with van der Waals surface area (Å²) in [6.45, 7) is 0.863. The van der Waals surface area contributed by atoms with E-state index in [-0.39, 0.29) is 12.0 Å². The number of benzene rings is 3. The van der Waals surface area contributed by atoms with E-state index in [4.69, 9.17) is 5.11 Å². The highest BCUT2D eigenvalue weighted by atomic mass is 79.9. The Balaban J connectivity index is 1.70. The van der Waals surface area contributed by atoms with Crippen molar-refractivity contribution in [1.82, 2.24) is 5.32 Å². The molecule has 0 amide bonds. The molecule has 3 aromatic carbocycles. The first-order chi connectivity index (χ1) is 15.7. The second kappa shape index (κ2) is 9.67. The fraction of sp³-hybridized carbons (Fsp3) is 0.160. The number of halogens is 4. The maximum atomic E-state index is 13.9. The van der Waals surface area contributed by atoms with Crippen LogP contribution < -0.4 is 5.32 Å². The van der Waals surface area contributed by atoms with Crippen LogP contribution >= 0.6 is 27.3 Å². The van der Waals surface area contributed by atoms with Crippen molar-refractivity contribution in [2.45, 2.75) is 19.1 Å². The van der Waals surface area contributed by atoms with Crippen LogP contribution in [0.15, 0.2) is 71.2 Å². The number of rotatable bonds is 7. The largest absolute Gasteiger partial charge is 0.481 e. The van der Waals surface area contributed by atoms with Crippen LogP contribution in [0.4, 0.5) is 13.2 Å². The van der Waals surface area contributed by atoms with Crippen molar-refractivity contribution in [2.75, 3.05) is 6.54 Å². The van der Waals surface area contributed by atoms with Crippen molar-refractivity contribution in [3.63, 3.8) is 0 Å². The predicted molar refractivity (Wildman–Crippen MR) is 129 cm³/mol. The Labute approximate surface area is 201 Å². The quantitative estimate of drug-likeness (QED) is 0.241. The summed E-state index contributed by atoms with van der Waals surface area (Å²) in [4.78, 5) is 11.4. The average molecular weight is 534 g/mol. The van der Waals surface area contributed by atoms with Gasteiger partial charge < -0.3 is 10.4 Å². The van der Waals surface area contributed by atoms with Gasteiger partial charge in [-0.05, 0) is 56.4 Å². The topological polar surface area (TPSA) is 49.3 Å². The van der Waals surface area contributed by atoms with E-state index in [0.717, 1.165) is 25.0 Å². The zero-order valence-corrected chi connectivity index (χ0v) is 19.7. The van der Waals surface area contributed by atoms with Gasteiger partial charge in [0.15, 0.2) is 0 Å². The van der Waals surface area contributed by atoms with Crippen LogP contribution in [0.25, 0.3) is 31.7 Å². The van der Waals surface area contributed by atoms with Gasteiger partial charge in [-0.15, -0.1) is 11.3 Å². The molecule has 0 saturated heterocycles.